The third-order valence-electron chi connectivity index (χ3n) is 4.79. The van der Waals surface area contributed by atoms with Gasteiger partial charge in [0.05, 0.1) is 12.2 Å². The smallest absolute Gasteiger partial charge is 0.244 e. The number of fused-ring (bicyclic) bond motifs is 1. The van der Waals surface area contributed by atoms with Crippen molar-refractivity contribution in [2.75, 3.05) is 26.4 Å². The van der Waals surface area contributed by atoms with Crippen molar-refractivity contribution in [2.45, 2.75) is 45.4 Å². The molecule has 1 amide bonds. The zero-order chi connectivity index (χ0) is 18.7. The second kappa shape index (κ2) is 7.68. The lowest BCUT2D eigenvalue weighted by Crippen LogP contribution is -2.58. The van der Waals surface area contributed by atoms with Crippen LogP contribution in [0.3, 0.4) is 0 Å². The Morgan fingerprint density at radius 2 is 1.92 bits per heavy atom. The summed E-state index contributed by atoms with van der Waals surface area (Å²) in [5.41, 5.74) is 0.772. The molecule has 142 valence electrons. The molecule has 1 saturated heterocycles. The molecule has 2 aliphatic heterocycles. The van der Waals surface area contributed by atoms with Gasteiger partial charge in [-0.15, -0.1) is 0 Å². The predicted molar refractivity (Wildman–Crippen MR) is 100 cm³/mol. The molecule has 0 saturated carbocycles. The van der Waals surface area contributed by atoms with Crippen molar-refractivity contribution in [3.05, 3.63) is 29.8 Å². The lowest BCUT2D eigenvalue weighted by molar-refractivity contribution is -0.118. The number of ether oxygens (including phenoxy) is 3. The van der Waals surface area contributed by atoms with Crippen LogP contribution in [-0.4, -0.2) is 55.0 Å². The third-order valence-corrected chi connectivity index (χ3v) is 4.79. The molecule has 6 heteroatoms. The Bertz CT molecular complexity index is 676. The van der Waals surface area contributed by atoms with Gasteiger partial charge in [-0.3, -0.25) is 9.69 Å². The topological polar surface area (TPSA) is 60.0 Å². The van der Waals surface area contributed by atoms with Crippen LogP contribution in [0, 0.1) is 0 Å². The molecule has 6 nitrogen and oxygen atoms in total. The van der Waals surface area contributed by atoms with Crippen LogP contribution in [0.15, 0.2) is 24.3 Å². The lowest BCUT2D eigenvalue weighted by atomic mass is 10.00. The van der Waals surface area contributed by atoms with Gasteiger partial charge in [0.2, 0.25) is 12.7 Å². The number of benzene rings is 1. The van der Waals surface area contributed by atoms with Crippen molar-refractivity contribution in [3.8, 4) is 11.5 Å². The predicted octanol–water partition coefficient (Wildman–Crippen LogP) is 2.43. The second-order valence-corrected chi connectivity index (χ2v) is 7.64. The molecule has 0 spiro atoms. The van der Waals surface area contributed by atoms with Crippen LogP contribution in [0.1, 0.15) is 33.3 Å². The van der Waals surface area contributed by atoms with Gasteiger partial charge in [-0.05, 0) is 51.5 Å². The largest absolute Gasteiger partial charge is 0.454 e. The highest BCUT2D eigenvalue weighted by Gasteiger charge is 2.33. The average Bonchev–Trinajstić information content (AvgIpc) is 3.05. The summed E-state index contributed by atoms with van der Waals surface area (Å²) in [5, 5.41) is 3.01. The first kappa shape index (κ1) is 18.7. The molecule has 0 aromatic heterocycles. The molecule has 2 atom stereocenters. The van der Waals surface area contributed by atoms with Crippen LogP contribution in [-0.2, 0) is 9.53 Å². The summed E-state index contributed by atoms with van der Waals surface area (Å²) in [7, 11) is 0. The lowest BCUT2D eigenvalue weighted by Gasteiger charge is -2.45. The molecule has 0 aliphatic carbocycles. The first-order valence-corrected chi connectivity index (χ1v) is 9.09. The Balaban J connectivity index is 1.53. The monoisotopic (exact) mass is 360 g/mol. The summed E-state index contributed by atoms with van der Waals surface area (Å²) in [4.78, 5) is 14.6. The number of amides is 1. The maximum absolute atomic E-state index is 12.2. The van der Waals surface area contributed by atoms with Crippen LogP contribution >= 0.6 is 0 Å². The number of nitrogens with one attached hydrogen (secondary N) is 1. The van der Waals surface area contributed by atoms with E-state index in [1.165, 1.54) is 0 Å². The van der Waals surface area contributed by atoms with Crippen LogP contribution < -0.4 is 14.8 Å². The standard InChI is InChI=1S/C20H28N2O4/c1-14-10-22(11-15(2)26-14)20(3,4)12-21-19(23)8-6-16-5-7-17-18(9-16)25-13-24-17/h5-9,14-15H,10-13H2,1-4H3,(H,21,23)/b8-6+. The molecule has 26 heavy (non-hydrogen) atoms. The van der Waals surface area contributed by atoms with Gasteiger partial charge >= 0.3 is 0 Å². The van der Waals surface area contributed by atoms with Gasteiger partial charge in [-0.25, -0.2) is 0 Å². The third kappa shape index (κ3) is 4.56. The molecule has 2 aliphatic rings. The number of hydrogen-bond donors (Lipinski definition) is 1. The van der Waals surface area contributed by atoms with Gasteiger partial charge in [0.1, 0.15) is 0 Å². The Labute approximate surface area is 155 Å². The van der Waals surface area contributed by atoms with E-state index in [-0.39, 0.29) is 30.4 Å². The van der Waals surface area contributed by atoms with Crippen molar-refractivity contribution in [1.29, 1.82) is 0 Å². The van der Waals surface area contributed by atoms with E-state index in [1.54, 1.807) is 12.2 Å². The van der Waals surface area contributed by atoms with E-state index in [0.29, 0.717) is 12.3 Å². The minimum absolute atomic E-state index is 0.106. The maximum atomic E-state index is 12.2. The molecule has 0 bridgehead atoms. The molecule has 1 N–H and O–H groups in total. The minimum atomic E-state index is -0.130. The van der Waals surface area contributed by atoms with Gasteiger partial charge in [-0.1, -0.05) is 6.07 Å². The van der Waals surface area contributed by atoms with E-state index in [0.717, 1.165) is 24.4 Å². The molecule has 0 radical (unpaired) electrons. The summed E-state index contributed by atoms with van der Waals surface area (Å²) in [6, 6.07) is 5.62. The molecule has 1 aromatic rings. The van der Waals surface area contributed by atoms with Crippen molar-refractivity contribution in [1.82, 2.24) is 10.2 Å². The number of rotatable bonds is 5. The molecule has 2 heterocycles. The molecule has 3 rings (SSSR count). The number of morpholine rings is 1. The van der Waals surface area contributed by atoms with Crippen molar-refractivity contribution in [3.63, 3.8) is 0 Å². The molecule has 1 aromatic carbocycles. The van der Waals surface area contributed by atoms with E-state index < -0.39 is 0 Å². The molecule has 1 fully saturated rings. The first-order chi connectivity index (χ1) is 12.3. The van der Waals surface area contributed by atoms with E-state index in [2.05, 4.69) is 37.9 Å². The van der Waals surface area contributed by atoms with Crippen molar-refractivity contribution in [2.24, 2.45) is 0 Å². The van der Waals surface area contributed by atoms with Crippen molar-refractivity contribution >= 4 is 12.0 Å². The van der Waals surface area contributed by atoms with Gasteiger partial charge in [0, 0.05) is 31.2 Å². The summed E-state index contributed by atoms with van der Waals surface area (Å²) >= 11 is 0. The Morgan fingerprint density at radius 1 is 1.23 bits per heavy atom. The fourth-order valence-corrected chi connectivity index (χ4v) is 3.34. The maximum Gasteiger partial charge on any atom is 0.244 e. The first-order valence-electron chi connectivity index (χ1n) is 9.09. The molecule has 2 unspecified atom stereocenters. The summed E-state index contributed by atoms with van der Waals surface area (Å²) in [6.07, 6.45) is 3.75. The fraction of sp³-hybridized carbons (Fsp3) is 0.550. The van der Waals surface area contributed by atoms with Gasteiger partial charge in [0.15, 0.2) is 11.5 Å². The summed E-state index contributed by atoms with van der Waals surface area (Å²) in [6.45, 7) is 11.1. The summed E-state index contributed by atoms with van der Waals surface area (Å²) in [5.74, 6) is 1.34. The minimum Gasteiger partial charge on any atom is -0.454 e. The quantitative estimate of drug-likeness (QED) is 0.818. The second-order valence-electron chi connectivity index (χ2n) is 7.64. The SMILES string of the molecule is CC1CN(C(C)(C)CNC(=O)/C=C/c2ccc3c(c2)OCO3)CC(C)O1. The average molecular weight is 360 g/mol. The zero-order valence-corrected chi connectivity index (χ0v) is 16.0. The number of nitrogens with zero attached hydrogens (tertiary/aromatic N) is 1. The molecular formula is C20H28N2O4. The fourth-order valence-electron chi connectivity index (χ4n) is 3.34. The normalized spacial score (nSPS) is 23.4. The van der Waals surface area contributed by atoms with Gasteiger partial charge in [0.25, 0.3) is 0 Å². The summed E-state index contributed by atoms with van der Waals surface area (Å²) < 4.78 is 16.4. The number of hydrogen-bond acceptors (Lipinski definition) is 5. The number of carbonyl (C=O) groups excluding carboxylic acids is 1. The van der Waals surface area contributed by atoms with Crippen LogP contribution in [0.25, 0.3) is 6.08 Å². The van der Waals surface area contributed by atoms with E-state index in [9.17, 15) is 4.79 Å². The van der Waals surface area contributed by atoms with Crippen LogP contribution in [0.4, 0.5) is 0 Å². The van der Waals surface area contributed by atoms with Crippen LogP contribution in [0.2, 0.25) is 0 Å². The highest BCUT2D eigenvalue weighted by atomic mass is 16.7. The van der Waals surface area contributed by atoms with E-state index in [1.807, 2.05) is 18.2 Å². The Hall–Kier alpha value is -2.05. The Morgan fingerprint density at radius 3 is 2.65 bits per heavy atom. The van der Waals surface area contributed by atoms with Crippen LogP contribution in [0.5, 0.6) is 11.5 Å². The Kier molecular flexibility index (Phi) is 5.53. The number of carbonyl (C=O) groups is 1. The molecular weight excluding hydrogens is 332 g/mol. The highest BCUT2D eigenvalue weighted by Crippen LogP contribution is 2.32. The van der Waals surface area contributed by atoms with Crippen molar-refractivity contribution < 1.29 is 19.0 Å². The van der Waals surface area contributed by atoms with E-state index in [4.69, 9.17) is 14.2 Å². The van der Waals surface area contributed by atoms with Gasteiger partial charge < -0.3 is 19.5 Å². The zero-order valence-electron chi connectivity index (χ0n) is 16.0. The van der Waals surface area contributed by atoms with Gasteiger partial charge in [-0.2, -0.15) is 0 Å². The highest BCUT2D eigenvalue weighted by molar-refractivity contribution is 5.91. The van der Waals surface area contributed by atoms with E-state index >= 15 is 0 Å².